The van der Waals surface area contributed by atoms with E-state index in [0.29, 0.717) is 6.61 Å². The van der Waals surface area contributed by atoms with Crippen LogP contribution in [0.15, 0.2) is 46.8 Å². The molecule has 4 nitrogen and oxygen atoms in total. The largest absolute Gasteiger partial charge is 0.377 e. The Bertz CT molecular complexity index is 654. The van der Waals surface area contributed by atoms with E-state index in [1.54, 1.807) is 18.4 Å². The summed E-state index contributed by atoms with van der Waals surface area (Å²) in [5.74, 6) is 0.822. The van der Waals surface area contributed by atoms with E-state index in [2.05, 4.69) is 71.3 Å². The molecular weight excluding hydrogens is 457 g/mol. The molecule has 1 aromatic heterocycles. The third-order valence-electron chi connectivity index (χ3n) is 4.07. The number of nitrogens with one attached hydrogen (secondary N) is 2. The van der Waals surface area contributed by atoms with Gasteiger partial charge in [0, 0.05) is 37.0 Å². The number of thiophene rings is 1. The molecule has 26 heavy (non-hydrogen) atoms. The van der Waals surface area contributed by atoms with Gasteiger partial charge >= 0.3 is 0 Å². The van der Waals surface area contributed by atoms with Gasteiger partial charge in [0.2, 0.25) is 0 Å². The molecule has 1 aromatic carbocycles. The minimum atomic E-state index is 0. The highest BCUT2D eigenvalue weighted by Crippen LogP contribution is 2.26. The fourth-order valence-electron chi connectivity index (χ4n) is 2.44. The van der Waals surface area contributed by atoms with Gasteiger partial charge in [0.05, 0.1) is 6.61 Å². The Balaban J connectivity index is 0.00000338. The molecule has 0 bridgehead atoms. The normalized spacial score (nSPS) is 11.8. The number of hydrogen-bond acceptors (Lipinski definition) is 3. The molecule has 144 valence electrons. The van der Waals surface area contributed by atoms with Crippen molar-refractivity contribution >= 4 is 41.3 Å². The van der Waals surface area contributed by atoms with Crippen molar-refractivity contribution in [2.75, 3.05) is 20.2 Å². The number of halogens is 1. The van der Waals surface area contributed by atoms with Gasteiger partial charge in [-0.1, -0.05) is 44.2 Å². The van der Waals surface area contributed by atoms with Gasteiger partial charge in [-0.25, -0.2) is 0 Å². The Morgan fingerprint density at radius 3 is 2.38 bits per heavy atom. The lowest BCUT2D eigenvalue weighted by atomic mass is 9.91. The first-order chi connectivity index (χ1) is 12.0. The van der Waals surface area contributed by atoms with Crippen molar-refractivity contribution in [3.05, 3.63) is 57.8 Å². The van der Waals surface area contributed by atoms with Crippen LogP contribution >= 0.6 is 35.3 Å². The molecule has 6 heteroatoms. The molecule has 0 aliphatic carbocycles. The molecular formula is C20H30IN3OS. The molecule has 0 spiro atoms. The number of rotatable bonds is 8. The monoisotopic (exact) mass is 487 g/mol. The SMILES string of the molecule is CCOCc1ccc(CNC(=NC)NCC(C)(C)c2cccs2)cc1.I. The van der Waals surface area contributed by atoms with Crippen LogP contribution in [0.2, 0.25) is 0 Å². The second-order valence-corrected chi connectivity index (χ2v) is 7.54. The van der Waals surface area contributed by atoms with Gasteiger partial charge < -0.3 is 15.4 Å². The van der Waals surface area contributed by atoms with Gasteiger partial charge in [-0.2, -0.15) is 0 Å². The molecule has 2 N–H and O–H groups in total. The fraction of sp³-hybridized carbons (Fsp3) is 0.450. The van der Waals surface area contributed by atoms with Gasteiger partial charge in [0.15, 0.2) is 5.96 Å². The number of ether oxygens (including phenoxy) is 1. The molecule has 1 heterocycles. The van der Waals surface area contributed by atoms with Crippen molar-refractivity contribution in [2.24, 2.45) is 4.99 Å². The lowest BCUT2D eigenvalue weighted by Gasteiger charge is -2.25. The van der Waals surface area contributed by atoms with E-state index in [4.69, 9.17) is 4.74 Å². The summed E-state index contributed by atoms with van der Waals surface area (Å²) < 4.78 is 5.43. The Kier molecular flexibility index (Phi) is 10.2. The van der Waals surface area contributed by atoms with Crippen molar-refractivity contribution < 1.29 is 4.74 Å². The summed E-state index contributed by atoms with van der Waals surface area (Å²) in [6.45, 7) is 9.50. The molecule has 0 saturated carbocycles. The smallest absolute Gasteiger partial charge is 0.191 e. The summed E-state index contributed by atoms with van der Waals surface area (Å²) in [6.07, 6.45) is 0. The summed E-state index contributed by atoms with van der Waals surface area (Å²) in [5, 5.41) is 8.93. The van der Waals surface area contributed by atoms with Crippen molar-refractivity contribution in [1.29, 1.82) is 0 Å². The molecule has 0 aliphatic rings. The second-order valence-electron chi connectivity index (χ2n) is 6.59. The van der Waals surface area contributed by atoms with Crippen molar-refractivity contribution in [2.45, 2.75) is 39.3 Å². The zero-order valence-corrected chi connectivity index (χ0v) is 19.2. The summed E-state index contributed by atoms with van der Waals surface area (Å²) in [6, 6.07) is 12.8. The summed E-state index contributed by atoms with van der Waals surface area (Å²) in [7, 11) is 1.80. The molecule has 2 aromatic rings. The van der Waals surface area contributed by atoms with Crippen molar-refractivity contribution in [3.8, 4) is 0 Å². The van der Waals surface area contributed by atoms with Crippen LogP contribution in [-0.2, 0) is 23.3 Å². The first kappa shape index (κ1) is 22.9. The van der Waals surface area contributed by atoms with Gasteiger partial charge in [-0.3, -0.25) is 4.99 Å². The zero-order valence-electron chi connectivity index (χ0n) is 16.0. The second kappa shape index (κ2) is 11.6. The van der Waals surface area contributed by atoms with E-state index in [1.165, 1.54) is 16.0 Å². The van der Waals surface area contributed by atoms with Crippen molar-refractivity contribution in [1.82, 2.24) is 10.6 Å². The molecule has 0 saturated heterocycles. The minimum absolute atomic E-state index is 0. The van der Waals surface area contributed by atoms with Gasteiger partial charge in [0.1, 0.15) is 0 Å². The van der Waals surface area contributed by atoms with Crippen LogP contribution in [0, 0.1) is 0 Å². The molecule has 0 unspecified atom stereocenters. The Morgan fingerprint density at radius 2 is 1.81 bits per heavy atom. The molecule has 0 amide bonds. The molecule has 0 radical (unpaired) electrons. The number of aliphatic imine (C=N–C) groups is 1. The highest BCUT2D eigenvalue weighted by Gasteiger charge is 2.21. The van der Waals surface area contributed by atoms with Crippen LogP contribution in [-0.4, -0.2) is 26.2 Å². The topological polar surface area (TPSA) is 45.6 Å². The van der Waals surface area contributed by atoms with Crippen LogP contribution in [0.5, 0.6) is 0 Å². The van der Waals surface area contributed by atoms with Crippen LogP contribution in [0.1, 0.15) is 36.8 Å². The number of hydrogen-bond donors (Lipinski definition) is 2. The van der Waals surface area contributed by atoms with E-state index in [-0.39, 0.29) is 29.4 Å². The van der Waals surface area contributed by atoms with Crippen LogP contribution in [0.4, 0.5) is 0 Å². The summed E-state index contributed by atoms with van der Waals surface area (Å²) in [5.41, 5.74) is 2.50. The molecule has 0 fully saturated rings. The maximum absolute atomic E-state index is 5.43. The third kappa shape index (κ3) is 7.25. The van der Waals surface area contributed by atoms with E-state index in [0.717, 1.165) is 25.7 Å². The van der Waals surface area contributed by atoms with Crippen LogP contribution in [0.25, 0.3) is 0 Å². The predicted octanol–water partition coefficient (Wildman–Crippen LogP) is 4.55. The van der Waals surface area contributed by atoms with Gasteiger partial charge in [-0.05, 0) is 29.5 Å². The highest BCUT2D eigenvalue weighted by atomic mass is 127. The predicted molar refractivity (Wildman–Crippen MR) is 123 cm³/mol. The van der Waals surface area contributed by atoms with Crippen LogP contribution < -0.4 is 10.6 Å². The minimum Gasteiger partial charge on any atom is -0.377 e. The van der Waals surface area contributed by atoms with E-state index >= 15 is 0 Å². The Labute approximate surface area is 178 Å². The highest BCUT2D eigenvalue weighted by molar-refractivity contribution is 14.0. The number of nitrogens with zero attached hydrogens (tertiary/aromatic N) is 1. The standard InChI is InChI=1S/C20H29N3OS.HI/c1-5-24-14-17-10-8-16(9-11-17)13-22-19(21-4)23-15-20(2,3)18-7-6-12-25-18;/h6-12H,5,13-15H2,1-4H3,(H2,21,22,23);1H. The molecule has 0 aliphatic heterocycles. The maximum atomic E-state index is 5.43. The number of benzene rings is 1. The molecule has 2 rings (SSSR count). The molecule has 0 atom stereocenters. The lowest BCUT2D eigenvalue weighted by Crippen LogP contribution is -2.42. The average Bonchev–Trinajstić information content (AvgIpc) is 3.16. The first-order valence-electron chi connectivity index (χ1n) is 8.69. The fourth-order valence-corrected chi connectivity index (χ4v) is 3.29. The average molecular weight is 487 g/mol. The third-order valence-corrected chi connectivity index (χ3v) is 5.30. The Hall–Kier alpha value is -1.12. The summed E-state index contributed by atoms with van der Waals surface area (Å²) in [4.78, 5) is 5.70. The quantitative estimate of drug-likeness (QED) is 0.327. The first-order valence-corrected chi connectivity index (χ1v) is 9.57. The van der Waals surface area contributed by atoms with E-state index in [9.17, 15) is 0 Å². The van der Waals surface area contributed by atoms with Gasteiger partial charge in [-0.15, -0.1) is 35.3 Å². The Morgan fingerprint density at radius 1 is 1.12 bits per heavy atom. The number of guanidine groups is 1. The summed E-state index contributed by atoms with van der Waals surface area (Å²) >= 11 is 1.80. The zero-order chi connectivity index (χ0) is 18.1. The van der Waals surface area contributed by atoms with Gasteiger partial charge in [0.25, 0.3) is 0 Å². The lowest BCUT2D eigenvalue weighted by molar-refractivity contribution is 0.134. The van der Waals surface area contributed by atoms with E-state index in [1.807, 2.05) is 6.92 Å². The maximum Gasteiger partial charge on any atom is 0.191 e. The van der Waals surface area contributed by atoms with Crippen molar-refractivity contribution in [3.63, 3.8) is 0 Å². The van der Waals surface area contributed by atoms with E-state index < -0.39 is 0 Å². The van der Waals surface area contributed by atoms with Crippen LogP contribution in [0.3, 0.4) is 0 Å².